The molecule has 1 saturated heterocycles. The van der Waals surface area contributed by atoms with Crippen molar-refractivity contribution >= 4 is 17.2 Å². The SMILES string of the molecule is CC(C)(N)c1cc(-c2ccc(F)cc2)[nH]c(=O)c1.CCn1nc(-c2cscn2)cc1C(=O)N1CC2CC2C1. The van der Waals surface area contributed by atoms with Crippen molar-refractivity contribution in [2.24, 2.45) is 17.6 Å². The molecule has 2 fully saturated rings. The molecule has 0 bridgehead atoms. The molecule has 1 amide bonds. The van der Waals surface area contributed by atoms with Crippen molar-refractivity contribution in [2.75, 3.05) is 13.1 Å². The van der Waals surface area contributed by atoms with E-state index >= 15 is 0 Å². The average Bonchev–Trinajstić information content (AvgIpc) is 3.32. The van der Waals surface area contributed by atoms with Crippen molar-refractivity contribution in [1.29, 1.82) is 0 Å². The number of halogens is 1. The fraction of sp³-hybridized carbons (Fsp3) is 0.357. The lowest BCUT2D eigenvalue weighted by atomic mass is 9.95. The molecule has 10 heteroatoms. The van der Waals surface area contributed by atoms with Crippen LogP contribution in [0.1, 0.15) is 43.2 Å². The molecule has 1 saturated carbocycles. The smallest absolute Gasteiger partial charge is 0.272 e. The van der Waals surface area contributed by atoms with E-state index < -0.39 is 5.54 Å². The van der Waals surface area contributed by atoms with Crippen molar-refractivity contribution in [3.05, 3.63) is 80.8 Å². The van der Waals surface area contributed by atoms with E-state index in [9.17, 15) is 14.0 Å². The zero-order chi connectivity index (χ0) is 27.0. The topological polar surface area (TPSA) is 110 Å². The summed E-state index contributed by atoms with van der Waals surface area (Å²) in [6, 6.07) is 11.1. The number of thiazole rings is 1. The van der Waals surface area contributed by atoms with Crippen LogP contribution in [-0.2, 0) is 12.1 Å². The van der Waals surface area contributed by atoms with Crippen LogP contribution in [0.3, 0.4) is 0 Å². The van der Waals surface area contributed by atoms with Gasteiger partial charge >= 0.3 is 0 Å². The second kappa shape index (κ2) is 10.3. The summed E-state index contributed by atoms with van der Waals surface area (Å²) in [6.07, 6.45) is 1.31. The van der Waals surface area contributed by atoms with E-state index in [0.717, 1.165) is 47.4 Å². The molecule has 0 radical (unpaired) electrons. The van der Waals surface area contributed by atoms with Gasteiger partial charge in [-0.3, -0.25) is 14.3 Å². The number of benzene rings is 1. The second-order valence-electron chi connectivity index (χ2n) is 10.4. The third-order valence-electron chi connectivity index (χ3n) is 7.00. The van der Waals surface area contributed by atoms with E-state index in [4.69, 9.17) is 5.73 Å². The number of pyridine rings is 1. The number of piperidine rings is 1. The van der Waals surface area contributed by atoms with E-state index in [-0.39, 0.29) is 17.3 Å². The average molecular weight is 535 g/mol. The van der Waals surface area contributed by atoms with Crippen LogP contribution in [0.25, 0.3) is 22.6 Å². The molecular formula is C28H31FN6O2S. The molecule has 1 aromatic carbocycles. The molecule has 3 N–H and O–H groups in total. The van der Waals surface area contributed by atoms with Crippen LogP contribution in [-0.4, -0.2) is 43.6 Å². The largest absolute Gasteiger partial charge is 0.337 e. The monoisotopic (exact) mass is 534 g/mol. The Bertz CT molecular complexity index is 1480. The number of amides is 1. The summed E-state index contributed by atoms with van der Waals surface area (Å²) in [5.74, 6) is 1.33. The molecule has 8 nitrogen and oxygen atoms in total. The van der Waals surface area contributed by atoms with E-state index in [1.165, 1.54) is 24.6 Å². The van der Waals surface area contributed by atoms with E-state index in [1.54, 1.807) is 33.7 Å². The maximum atomic E-state index is 12.9. The van der Waals surface area contributed by atoms with Crippen LogP contribution < -0.4 is 11.3 Å². The Hall–Kier alpha value is -3.63. The first-order valence-corrected chi connectivity index (χ1v) is 13.6. The van der Waals surface area contributed by atoms with Crippen LogP contribution in [0.4, 0.5) is 4.39 Å². The van der Waals surface area contributed by atoms with Gasteiger partial charge in [0.15, 0.2) is 0 Å². The highest BCUT2D eigenvalue weighted by Crippen LogP contribution is 2.45. The van der Waals surface area contributed by atoms with Gasteiger partial charge in [0.1, 0.15) is 22.9 Å². The predicted molar refractivity (Wildman–Crippen MR) is 146 cm³/mol. The van der Waals surface area contributed by atoms with E-state index in [0.29, 0.717) is 17.9 Å². The number of H-pyrrole nitrogens is 1. The van der Waals surface area contributed by atoms with Gasteiger partial charge in [-0.2, -0.15) is 5.10 Å². The van der Waals surface area contributed by atoms with Crippen LogP contribution in [0, 0.1) is 17.7 Å². The van der Waals surface area contributed by atoms with Crippen LogP contribution in [0.5, 0.6) is 0 Å². The Morgan fingerprint density at radius 3 is 2.47 bits per heavy atom. The minimum Gasteiger partial charge on any atom is -0.337 e. The molecule has 2 unspecified atom stereocenters. The van der Waals surface area contributed by atoms with E-state index in [1.807, 2.05) is 43.2 Å². The van der Waals surface area contributed by atoms with Crippen LogP contribution in [0.2, 0.25) is 0 Å². The molecule has 38 heavy (non-hydrogen) atoms. The van der Waals surface area contributed by atoms with Gasteiger partial charge in [-0.05, 0) is 86.6 Å². The predicted octanol–water partition coefficient (Wildman–Crippen LogP) is 4.49. The number of aromatic nitrogens is 4. The molecule has 0 spiro atoms. The Morgan fingerprint density at radius 2 is 1.87 bits per heavy atom. The van der Waals surface area contributed by atoms with Gasteiger partial charge < -0.3 is 15.6 Å². The normalized spacial score (nSPS) is 18.1. The summed E-state index contributed by atoms with van der Waals surface area (Å²) >= 11 is 1.54. The molecule has 2 aliphatic rings. The van der Waals surface area contributed by atoms with Crippen molar-refractivity contribution in [1.82, 2.24) is 24.6 Å². The number of hydrogen-bond acceptors (Lipinski definition) is 6. The number of nitrogens with zero attached hydrogens (tertiary/aromatic N) is 4. The maximum Gasteiger partial charge on any atom is 0.272 e. The molecule has 1 aliphatic heterocycles. The first-order chi connectivity index (χ1) is 18.1. The van der Waals surface area contributed by atoms with Gasteiger partial charge in [-0.25, -0.2) is 9.37 Å². The summed E-state index contributed by atoms with van der Waals surface area (Å²) < 4.78 is 14.7. The summed E-state index contributed by atoms with van der Waals surface area (Å²) in [5.41, 5.74) is 11.4. The lowest BCUT2D eigenvalue weighted by Crippen LogP contribution is -2.32. The number of aryl methyl sites for hydroxylation is 1. The zero-order valence-electron chi connectivity index (χ0n) is 21.6. The van der Waals surface area contributed by atoms with Crippen LogP contribution in [0.15, 0.2) is 58.1 Å². The summed E-state index contributed by atoms with van der Waals surface area (Å²) in [5, 5.41) is 6.47. The minimum absolute atomic E-state index is 0.119. The third-order valence-corrected chi connectivity index (χ3v) is 7.59. The Kier molecular flexibility index (Phi) is 7.02. The minimum atomic E-state index is -0.594. The van der Waals surface area contributed by atoms with Gasteiger partial charge in [0.2, 0.25) is 5.56 Å². The van der Waals surface area contributed by atoms with Gasteiger partial charge in [0.05, 0.1) is 5.51 Å². The quantitative estimate of drug-likeness (QED) is 0.392. The fourth-order valence-corrected chi connectivity index (χ4v) is 5.27. The first-order valence-electron chi connectivity index (χ1n) is 12.7. The van der Waals surface area contributed by atoms with Crippen molar-refractivity contribution in [3.8, 4) is 22.6 Å². The maximum absolute atomic E-state index is 12.9. The molecule has 1 aliphatic carbocycles. The van der Waals surface area contributed by atoms with Gasteiger partial charge in [-0.1, -0.05) is 0 Å². The molecule has 6 rings (SSSR count). The highest BCUT2D eigenvalue weighted by atomic mass is 32.1. The van der Waals surface area contributed by atoms with Crippen molar-refractivity contribution in [2.45, 2.75) is 39.3 Å². The van der Waals surface area contributed by atoms with Crippen molar-refractivity contribution in [3.63, 3.8) is 0 Å². The lowest BCUT2D eigenvalue weighted by molar-refractivity contribution is 0.0763. The molecule has 4 aromatic rings. The lowest BCUT2D eigenvalue weighted by Gasteiger charge is -2.19. The number of nitrogens with two attached hydrogens (primary N) is 1. The number of fused-ring (bicyclic) bond motifs is 1. The van der Waals surface area contributed by atoms with Gasteiger partial charge in [-0.15, -0.1) is 11.3 Å². The summed E-state index contributed by atoms with van der Waals surface area (Å²) in [4.78, 5) is 33.2. The number of rotatable bonds is 5. The molecule has 3 aromatic heterocycles. The molecule has 4 heterocycles. The van der Waals surface area contributed by atoms with Crippen molar-refractivity contribution < 1.29 is 9.18 Å². The fourth-order valence-electron chi connectivity index (χ4n) is 4.72. The van der Waals surface area contributed by atoms with Crippen LogP contribution >= 0.6 is 11.3 Å². The Labute approximate surface area is 224 Å². The zero-order valence-corrected chi connectivity index (χ0v) is 22.5. The number of aromatic amines is 1. The third kappa shape index (κ3) is 5.61. The Morgan fingerprint density at radius 1 is 1.16 bits per heavy atom. The second-order valence-corrected chi connectivity index (χ2v) is 11.2. The first kappa shape index (κ1) is 26.0. The summed E-state index contributed by atoms with van der Waals surface area (Å²) in [6.45, 7) is 8.21. The number of likely N-dealkylation sites (tertiary alicyclic amines) is 1. The highest BCUT2D eigenvalue weighted by molar-refractivity contribution is 7.07. The molecule has 198 valence electrons. The number of hydrogen-bond donors (Lipinski definition) is 2. The van der Waals surface area contributed by atoms with E-state index in [2.05, 4.69) is 15.1 Å². The number of carbonyl (C=O) groups excluding carboxylic acids is 1. The number of carbonyl (C=O) groups is 1. The number of nitrogens with one attached hydrogen (secondary N) is 1. The standard InChI is InChI=1S/C14H15FN2O.C14H16N4OS/c1-14(2,16)10-7-12(17-13(18)8-10)9-3-5-11(15)6-4-9;1-2-18-13(4-11(16-18)12-7-20-8-15-12)14(19)17-5-9-3-10(9)6-17/h3-8H,16H2,1-2H3,(H,17,18);4,7-10H,2-3,5-6H2,1H3. The highest BCUT2D eigenvalue weighted by Gasteiger charge is 2.47. The summed E-state index contributed by atoms with van der Waals surface area (Å²) in [7, 11) is 0. The molecular weight excluding hydrogens is 503 g/mol. The van der Waals surface area contributed by atoms with Gasteiger partial charge in [0, 0.05) is 42.3 Å². The molecule has 2 atom stereocenters. The van der Waals surface area contributed by atoms with Gasteiger partial charge in [0.25, 0.3) is 5.91 Å². The Balaban J connectivity index is 0.000000156.